The van der Waals surface area contributed by atoms with Gasteiger partial charge < -0.3 is 24.1 Å². The first-order chi connectivity index (χ1) is 12.4. The van der Waals surface area contributed by atoms with Crippen LogP contribution in [0, 0.1) is 0 Å². The summed E-state index contributed by atoms with van der Waals surface area (Å²) in [6.45, 7) is 9.39. The molecule has 0 aliphatic carbocycles. The summed E-state index contributed by atoms with van der Waals surface area (Å²) in [5.41, 5.74) is -1.19. The molecule has 2 rings (SSSR count). The molecule has 8 nitrogen and oxygen atoms in total. The van der Waals surface area contributed by atoms with Gasteiger partial charge >= 0.3 is 5.97 Å². The maximum absolute atomic E-state index is 12.7. The first-order valence-electron chi connectivity index (χ1n) is 8.85. The van der Waals surface area contributed by atoms with Crippen LogP contribution in [0.15, 0.2) is 17.1 Å². The van der Waals surface area contributed by atoms with Crippen LogP contribution in [0.2, 0.25) is 0 Å². The Bertz CT molecular complexity index is 737. The average Bonchev–Trinajstić information content (AvgIpc) is 2.79. The van der Waals surface area contributed by atoms with Crippen LogP contribution in [-0.4, -0.2) is 47.2 Å². The van der Waals surface area contributed by atoms with E-state index in [1.54, 1.807) is 6.92 Å². The molecule has 1 N–H and O–H groups in total. The Hall–Kier alpha value is -1.90. The van der Waals surface area contributed by atoms with E-state index in [2.05, 4.69) is 0 Å². The molecule has 0 aromatic carbocycles. The van der Waals surface area contributed by atoms with Gasteiger partial charge in [-0.3, -0.25) is 9.36 Å². The summed E-state index contributed by atoms with van der Waals surface area (Å²) in [7, 11) is 2.95. The minimum absolute atomic E-state index is 0.144. The molecule has 0 radical (unpaired) electrons. The highest BCUT2D eigenvalue weighted by molar-refractivity contribution is 5.72. The molecule has 2 heterocycles. The molecule has 0 spiro atoms. The lowest BCUT2D eigenvalue weighted by Crippen LogP contribution is -2.41. The summed E-state index contributed by atoms with van der Waals surface area (Å²) in [5, 5.41) is 9.57. The van der Waals surface area contributed by atoms with E-state index >= 15 is 0 Å². The van der Waals surface area contributed by atoms with E-state index in [1.165, 1.54) is 26.5 Å². The number of carboxylic acid groups (broad SMARTS) is 1. The number of aliphatic carboxylic acids is 1. The van der Waals surface area contributed by atoms with Gasteiger partial charge in [0.15, 0.2) is 6.29 Å². The van der Waals surface area contributed by atoms with Crippen molar-refractivity contribution < 1.29 is 28.8 Å². The normalized spacial score (nSPS) is 21.0. The van der Waals surface area contributed by atoms with Crippen molar-refractivity contribution in [1.29, 1.82) is 0 Å². The van der Waals surface area contributed by atoms with Crippen molar-refractivity contribution >= 4 is 5.97 Å². The molecule has 0 saturated carbocycles. The van der Waals surface area contributed by atoms with Crippen LogP contribution in [0.1, 0.15) is 58.9 Å². The molecule has 8 heteroatoms. The molecule has 2 unspecified atom stereocenters. The molecule has 2 atom stereocenters. The molecule has 1 aliphatic heterocycles. The minimum Gasteiger partial charge on any atom is -0.495 e. The largest absolute Gasteiger partial charge is 0.495 e. The van der Waals surface area contributed by atoms with Gasteiger partial charge in [0, 0.05) is 19.6 Å². The van der Waals surface area contributed by atoms with Gasteiger partial charge in [-0.1, -0.05) is 0 Å². The quantitative estimate of drug-likeness (QED) is 0.773. The Balaban J connectivity index is 2.46. The fourth-order valence-corrected chi connectivity index (χ4v) is 2.86. The molecule has 1 saturated heterocycles. The summed E-state index contributed by atoms with van der Waals surface area (Å²) in [6, 6.07) is 0.239. The predicted molar refractivity (Wildman–Crippen MR) is 98.1 cm³/mol. The van der Waals surface area contributed by atoms with Crippen molar-refractivity contribution in [2.45, 2.75) is 70.7 Å². The number of nitrogens with zero attached hydrogens (tertiary/aromatic N) is 1. The molecular formula is C19H29NO7. The second-order valence-corrected chi connectivity index (χ2v) is 7.77. The lowest BCUT2D eigenvalue weighted by Gasteiger charge is -2.30. The van der Waals surface area contributed by atoms with Crippen LogP contribution in [-0.2, 0) is 19.0 Å². The van der Waals surface area contributed by atoms with E-state index in [0.717, 1.165) is 4.57 Å². The van der Waals surface area contributed by atoms with Gasteiger partial charge in [-0.2, -0.15) is 0 Å². The van der Waals surface area contributed by atoms with Crippen molar-refractivity contribution in [2.75, 3.05) is 14.2 Å². The summed E-state index contributed by atoms with van der Waals surface area (Å²) in [6.07, 6.45) is 0.425. The van der Waals surface area contributed by atoms with Crippen LogP contribution in [0.3, 0.4) is 0 Å². The topological polar surface area (TPSA) is 96.2 Å². The van der Waals surface area contributed by atoms with E-state index < -0.39 is 35.1 Å². The lowest BCUT2D eigenvalue weighted by molar-refractivity contribution is -0.142. The molecule has 0 bridgehead atoms. The summed E-state index contributed by atoms with van der Waals surface area (Å²) in [5.74, 6) is -0.796. The second kappa shape index (κ2) is 7.61. The standard InChI is InChI=1S/C19H29NO7/c1-11(24-6)8-13(16(22)23)20-10-14(25-7)12(9-15(20)21)17-26-18(2,3)19(4,5)27-17/h9-11,13,17H,8H2,1-7H3,(H,22,23). The van der Waals surface area contributed by atoms with E-state index in [0.29, 0.717) is 11.3 Å². The van der Waals surface area contributed by atoms with Crippen molar-refractivity contribution in [3.05, 3.63) is 28.2 Å². The monoisotopic (exact) mass is 383 g/mol. The fraction of sp³-hybridized carbons (Fsp3) is 0.684. The van der Waals surface area contributed by atoms with Crippen LogP contribution in [0.5, 0.6) is 5.75 Å². The zero-order valence-corrected chi connectivity index (χ0v) is 16.9. The summed E-state index contributed by atoms with van der Waals surface area (Å²) < 4.78 is 23.7. The van der Waals surface area contributed by atoms with Gasteiger partial charge in [0.25, 0.3) is 5.56 Å². The number of hydrogen-bond acceptors (Lipinski definition) is 6. The summed E-state index contributed by atoms with van der Waals surface area (Å²) in [4.78, 5) is 24.4. The third kappa shape index (κ3) is 4.17. The van der Waals surface area contributed by atoms with Gasteiger partial charge in [0.1, 0.15) is 11.8 Å². The molecular weight excluding hydrogens is 354 g/mol. The number of hydrogen-bond donors (Lipinski definition) is 1. The van der Waals surface area contributed by atoms with Gasteiger partial charge in [-0.15, -0.1) is 0 Å². The number of rotatable bonds is 7. The second-order valence-electron chi connectivity index (χ2n) is 7.77. The molecule has 1 aromatic heterocycles. The molecule has 1 aliphatic rings. The van der Waals surface area contributed by atoms with Gasteiger partial charge in [0.05, 0.1) is 36.2 Å². The first kappa shape index (κ1) is 21.4. The van der Waals surface area contributed by atoms with Crippen LogP contribution in [0.4, 0.5) is 0 Å². The number of carboxylic acids is 1. The number of ether oxygens (including phenoxy) is 4. The molecule has 1 fully saturated rings. The minimum atomic E-state index is -1.12. The van der Waals surface area contributed by atoms with E-state index in [9.17, 15) is 14.7 Å². The smallest absolute Gasteiger partial charge is 0.326 e. The number of pyridine rings is 1. The summed E-state index contributed by atoms with van der Waals surface area (Å²) >= 11 is 0. The van der Waals surface area contributed by atoms with E-state index in [4.69, 9.17) is 18.9 Å². The maximum Gasteiger partial charge on any atom is 0.326 e. The predicted octanol–water partition coefficient (Wildman–Crippen LogP) is 2.51. The van der Waals surface area contributed by atoms with Gasteiger partial charge in [-0.25, -0.2) is 4.79 Å². The van der Waals surface area contributed by atoms with Crippen molar-refractivity contribution in [3.63, 3.8) is 0 Å². The zero-order chi connectivity index (χ0) is 20.6. The Labute approximate surface area is 159 Å². The van der Waals surface area contributed by atoms with Crippen molar-refractivity contribution in [2.24, 2.45) is 0 Å². The zero-order valence-electron chi connectivity index (χ0n) is 16.9. The Morgan fingerprint density at radius 3 is 2.26 bits per heavy atom. The van der Waals surface area contributed by atoms with Gasteiger partial charge in [0.2, 0.25) is 0 Å². The Morgan fingerprint density at radius 1 is 1.26 bits per heavy atom. The third-order valence-corrected chi connectivity index (χ3v) is 5.38. The number of methoxy groups -OCH3 is 2. The SMILES string of the molecule is COc1cn(C(CC(C)OC)C(=O)O)c(=O)cc1C1OC(C)(C)C(C)(C)O1. The molecule has 0 amide bonds. The van der Waals surface area contributed by atoms with Gasteiger partial charge in [-0.05, 0) is 34.6 Å². The van der Waals surface area contributed by atoms with E-state index in [1.807, 2.05) is 27.7 Å². The Kier molecular flexibility index (Phi) is 6.03. The van der Waals surface area contributed by atoms with Crippen molar-refractivity contribution in [3.8, 4) is 5.75 Å². The maximum atomic E-state index is 12.7. The van der Waals surface area contributed by atoms with Crippen LogP contribution < -0.4 is 10.3 Å². The fourth-order valence-electron chi connectivity index (χ4n) is 2.86. The van der Waals surface area contributed by atoms with Crippen molar-refractivity contribution in [1.82, 2.24) is 4.57 Å². The highest BCUT2D eigenvalue weighted by Crippen LogP contribution is 2.46. The third-order valence-electron chi connectivity index (χ3n) is 5.38. The highest BCUT2D eigenvalue weighted by Gasteiger charge is 2.50. The molecule has 27 heavy (non-hydrogen) atoms. The van der Waals surface area contributed by atoms with E-state index in [-0.39, 0.29) is 12.5 Å². The first-order valence-corrected chi connectivity index (χ1v) is 8.85. The number of carbonyl (C=O) groups is 1. The number of aromatic nitrogens is 1. The molecule has 1 aromatic rings. The average molecular weight is 383 g/mol. The van der Waals surface area contributed by atoms with Crippen LogP contribution >= 0.6 is 0 Å². The van der Waals surface area contributed by atoms with Crippen LogP contribution in [0.25, 0.3) is 0 Å². The molecule has 152 valence electrons. The Morgan fingerprint density at radius 2 is 1.81 bits per heavy atom. The highest BCUT2D eigenvalue weighted by atomic mass is 16.7. The lowest BCUT2D eigenvalue weighted by atomic mass is 9.90.